The second-order valence-corrected chi connectivity index (χ2v) is 13.9. The molecule has 0 saturated heterocycles. The Morgan fingerprint density at radius 3 is 2.62 bits per heavy atom. The van der Waals surface area contributed by atoms with Gasteiger partial charge in [0.1, 0.15) is 4.70 Å². The predicted molar refractivity (Wildman–Crippen MR) is 167 cm³/mol. The van der Waals surface area contributed by atoms with E-state index in [0.29, 0.717) is 0 Å². The van der Waals surface area contributed by atoms with Gasteiger partial charge < -0.3 is 9.38 Å². The number of fused-ring (bicyclic) bond motifs is 2. The molecule has 0 atom stereocenters. The van der Waals surface area contributed by atoms with Crippen LogP contribution in [0, 0.1) is 13.8 Å². The number of anilines is 1. The highest BCUT2D eigenvalue weighted by molar-refractivity contribution is 8.03. The van der Waals surface area contributed by atoms with Gasteiger partial charge >= 0.3 is 0 Å². The molecule has 0 saturated carbocycles. The molecule has 1 aromatic heterocycles. The van der Waals surface area contributed by atoms with Crippen LogP contribution in [0.25, 0.3) is 16.3 Å². The van der Waals surface area contributed by atoms with E-state index in [9.17, 15) is 0 Å². The van der Waals surface area contributed by atoms with E-state index >= 15 is 0 Å². The van der Waals surface area contributed by atoms with Crippen molar-refractivity contribution in [2.75, 3.05) is 44.9 Å². The summed E-state index contributed by atoms with van der Waals surface area (Å²) in [6, 6.07) is 13.5. The number of hydrogen-bond donors (Lipinski definition) is 1. The Morgan fingerprint density at radius 2 is 1.87 bits per heavy atom. The summed E-state index contributed by atoms with van der Waals surface area (Å²) in [5.41, 5.74) is 6.48. The van der Waals surface area contributed by atoms with Crippen molar-refractivity contribution in [2.45, 2.75) is 51.5 Å². The van der Waals surface area contributed by atoms with Gasteiger partial charge in [-0.05, 0) is 61.2 Å². The summed E-state index contributed by atoms with van der Waals surface area (Å²) in [6.07, 6.45) is 7.75. The number of quaternary nitrogens is 1. The first-order chi connectivity index (χ1) is 18.7. The third kappa shape index (κ3) is 8.10. The Morgan fingerprint density at radius 1 is 1.10 bits per heavy atom. The van der Waals surface area contributed by atoms with Gasteiger partial charge in [0.2, 0.25) is 5.52 Å². The normalized spacial score (nSPS) is 15.1. The Labute approximate surface area is 245 Å². The van der Waals surface area contributed by atoms with Crippen LogP contribution in [0.1, 0.15) is 42.3 Å². The van der Waals surface area contributed by atoms with Crippen molar-refractivity contribution in [3.05, 3.63) is 69.2 Å². The topological polar surface area (TPSA) is 45.8 Å². The molecule has 0 bridgehead atoms. The lowest BCUT2D eigenvalue weighted by Crippen LogP contribution is -2.37. The number of thioether (sulfide) groups is 1. The molecule has 3 aromatic rings. The fourth-order valence-corrected chi connectivity index (χ4v) is 7.35. The van der Waals surface area contributed by atoms with E-state index in [1.54, 1.807) is 0 Å². The van der Waals surface area contributed by atoms with Crippen LogP contribution in [-0.4, -0.2) is 49.7 Å². The first-order valence-electron chi connectivity index (χ1n) is 13.5. The number of aromatic nitrogens is 1. The smallest absolute Gasteiger partial charge is 0.263 e. The number of hydrogen-bond acceptors (Lipinski definition) is 7. The fourth-order valence-electron chi connectivity index (χ4n) is 4.70. The lowest BCUT2D eigenvalue weighted by Gasteiger charge is -2.26. The number of nitrogens with zero attached hydrogens (tertiary/aromatic N) is 3. The molecule has 1 N–H and O–H groups in total. The fraction of sp³-hybridized carbons (Fsp3) is 0.433. The summed E-state index contributed by atoms with van der Waals surface area (Å²) in [5, 5.41) is 14.7. The van der Waals surface area contributed by atoms with Gasteiger partial charge in [-0.25, -0.2) is 5.26 Å². The summed E-state index contributed by atoms with van der Waals surface area (Å²) >= 11 is 4.84. The van der Waals surface area contributed by atoms with E-state index in [1.165, 1.54) is 47.5 Å². The molecule has 9 heteroatoms. The zero-order chi connectivity index (χ0) is 28.0. The van der Waals surface area contributed by atoms with Gasteiger partial charge in [0.25, 0.3) is 5.01 Å². The second kappa shape index (κ2) is 13.7. The van der Waals surface area contributed by atoms with Gasteiger partial charge in [0.15, 0.2) is 6.54 Å². The van der Waals surface area contributed by atoms with Crippen molar-refractivity contribution < 1.29 is 23.7 Å². The molecule has 0 unspecified atom stereocenters. The van der Waals surface area contributed by atoms with Gasteiger partial charge in [-0.1, -0.05) is 47.2 Å². The largest absolute Gasteiger partial charge is 0.335 e. The van der Waals surface area contributed by atoms with Crippen LogP contribution in [0.5, 0.6) is 0 Å². The van der Waals surface area contributed by atoms with E-state index in [4.69, 9.17) is 5.26 Å². The van der Waals surface area contributed by atoms with Gasteiger partial charge in [0, 0.05) is 54.2 Å². The zero-order valence-electron chi connectivity index (χ0n) is 23.9. The van der Waals surface area contributed by atoms with Crippen molar-refractivity contribution >= 4 is 57.1 Å². The Balaban J connectivity index is 1.66. The standard InChI is InChI=1S/C30H40N3O3S3/c1-7-24(20-29-31(14-8-16-33(4,5)6)25-18-22(2)10-12-27(25)38-29)21-30-32(15-9-17-37-36-35-34)26-19-23(3)11-13-28(26)39-30/h10-13,18-21H,7-9,14-17H2,1-6H3/q+1/p+1. The molecular formula is C30H41N3O3S3+2. The van der Waals surface area contributed by atoms with Gasteiger partial charge in [-0.3, -0.25) is 0 Å². The number of rotatable bonds is 13. The number of aryl methyl sites for hydroxylation is 3. The molecule has 39 heavy (non-hydrogen) atoms. The quantitative estimate of drug-likeness (QED) is 0.0555. The minimum atomic E-state index is 0.723. The van der Waals surface area contributed by atoms with Gasteiger partial charge in [0.05, 0.1) is 38.4 Å². The number of benzene rings is 2. The molecule has 2 heterocycles. The molecule has 0 radical (unpaired) electrons. The van der Waals surface area contributed by atoms with Crippen LogP contribution in [0.4, 0.5) is 5.69 Å². The maximum absolute atomic E-state index is 8.42. The van der Waals surface area contributed by atoms with E-state index in [1.807, 2.05) is 23.1 Å². The summed E-state index contributed by atoms with van der Waals surface area (Å²) in [5.74, 6) is 0.723. The molecule has 0 amide bonds. The van der Waals surface area contributed by atoms with Crippen LogP contribution in [0.3, 0.4) is 0 Å². The highest BCUT2D eigenvalue weighted by Crippen LogP contribution is 2.47. The predicted octanol–water partition coefficient (Wildman–Crippen LogP) is 7.61. The van der Waals surface area contributed by atoms with Crippen molar-refractivity contribution in [1.29, 1.82) is 0 Å². The first kappa shape index (κ1) is 30.1. The number of allylic oxidation sites excluding steroid dienone is 2. The van der Waals surface area contributed by atoms with Crippen LogP contribution in [0.15, 0.2) is 58.0 Å². The Bertz CT molecular complexity index is 1340. The maximum Gasteiger partial charge on any atom is 0.263 e. The molecule has 2 aromatic carbocycles. The van der Waals surface area contributed by atoms with Crippen LogP contribution in [-0.2, 0) is 15.9 Å². The number of thiazole rings is 1. The van der Waals surface area contributed by atoms with Crippen LogP contribution >= 0.6 is 35.1 Å². The average Bonchev–Trinajstić information content (AvgIpc) is 3.39. The summed E-state index contributed by atoms with van der Waals surface area (Å²) in [6.45, 7) is 9.58. The Hall–Kier alpha value is -1.85. The summed E-state index contributed by atoms with van der Waals surface area (Å²) in [7, 11) is 6.79. The highest BCUT2D eigenvalue weighted by Gasteiger charge is 2.26. The second-order valence-electron chi connectivity index (χ2n) is 11.0. The van der Waals surface area contributed by atoms with E-state index in [2.05, 4.69) is 109 Å². The molecule has 1 aliphatic rings. The van der Waals surface area contributed by atoms with Gasteiger partial charge in [-0.15, -0.1) is 4.33 Å². The molecule has 4 rings (SSSR count). The van der Waals surface area contributed by atoms with E-state index in [-0.39, 0.29) is 0 Å². The molecule has 1 aliphatic heterocycles. The minimum Gasteiger partial charge on any atom is -0.335 e. The summed E-state index contributed by atoms with van der Waals surface area (Å²) in [4.78, 5) is 3.86. The van der Waals surface area contributed by atoms with Crippen LogP contribution < -0.4 is 9.47 Å². The molecule has 210 valence electrons. The maximum atomic E-state index is 8.42. The molecular weight excluding hydrogens is 547 g/mol. The molecule has 0 aliphatic carbocycles. The molecule has 0 fully saturated rings. The summed E-state index contributed by atoms with van der Waals surface area (Å²) < 4.78 is 9.26. The van der Waals surface area contributed by atoms with Crippen molar-refractivity contribution in [3.63, 3.8) is 0 Å². The molecule has 0 spiro atoms. The first-order valence-corrected chi connectivity index (χ1v) is 16.0. The highest BCUT2D eigenvalue weighted by atomic mass is 32.2. The van der Waals surface area contributed by atoms with Crippen molar-refractivity contribution in [3.8, 4) is 0 Å². The van der Waals surface area contributed by atoms with E-state index < -0.39 is 0 Å². The van der Waals surface area contributed by atoms with Gasteiger partial charge in [-0.2, -0.15) is 4.57 Å². The monoisotopic (exact) mass is 587 g/mol. The third-order valence-corrected chi connectivity index (χ3v) is 9.53. The zero-order valence-corrected chi connectivity index (χ0v) is 26.3. The Kier molecular flexibility index (Phi) is 10.6. The third-order valence-electron chi connectivity index (χ3n) is 6.70. The SMILES string of the molecule is CCC(=Cc1sc2ccc(C)cc2[n+]1CCCSOOO)C=C1Sc2ccc(C)cc2N1CCC[N+](C)(C)C. The van der Waals surface area contributed by atoms with Crippen molar-refractivity contribution in [1.82, 2.24) is 0 Å². The van der Waals surface area contributed by atoms with E-state index in [0.717, 1.165) is 61.2 Å². The molecule has 6 nitrogen and oxygen atoms in total. The van der Waals surface area contributed by atoms with Crippen molar-refractivity contribution in [2.24, 2.45) is 0 Å². The lowest BCUT2D eigenvalue weighted by molar-refractivity contribution is -0.870. The van der Waals surface area contributed by atoms with Crippen LogP contribution in [0.2, 0.25) is 0 Å². The minimum absolute atomic E-state index is 0.723. The average molecular weight is 588 g/mol. The lowest BCUT2D eigenvalue weighted by atomic mass is 10.1.